The molecule has 1 unspecified atom stereocenters. The minimum absolute atomic E-state index is 0.00941. The van der Waals surface area contributed by atoms with Crippen LogP contribution in [0.5, 0.6) is 0 Å². The number of hydrogen-bond acceptors (Lipinski definition) is 2. The molecule has 106 valence electrons. The Kier molecular flexibility index (Phi) is 4.74. The van der Waals surface area contributed by atoms with Crippen LogP contribution in [0.1, 0.15) is 24.1 Å². The van der Waals surface area contributed by atoms with Crippen molar-refractivity contribution in [3.63, 3.8) is 0 Å². The van der Waals surface area contributed by atoms with E-state index in [2.05, 4.69) is 10.3 Å². The molecular formula is C14H12Cl3FN2. The number of benzene rings is 1. The predicted molar refractivity (Wildman–Crippen MR) is 82.4 cm³/mol. The third-order valence-electron chi connectivity index (χ3n) is 2.99. The van der Waals surface area contributed by atoms with E-state index in [1.54, 1.807) is 6.20 Å². The molecule has 1 aromatic carbocycles. The zero-order valence-electron chi connectivity index (χ0n) is 10.8. The van der Waals surface area contributed by atoms with Crippen LogP contribution in [-0.2, 0) is 0 Å². The maximum Gasteiger partial charge on any atom is 0.152 e. The Morgan fingerprint density at radius 1 is 1.20 bits per heavy atom. The van der Waals surface area contributed by atoms with E-state index >= 15 is 0 Å². The quantitative estimate of drug-likeness (QED) is 0.579. The van der Waals surface area contributed by atoms with Crippen LogP contribution < -0.4 is 5.32 Å². The molecule has 0 saturated heterocycles. The van der Waals surface area contributed by atoms with Crippen LogP contribution in [-0.4, -0.2) is 4.98 Å². The number of rotatable bonds is 3. The lowest BCUT2D eigenvalue weighted by Gasteiger charge is -2.20. The summed E-state index contributed by atoms with van der Waals surface area (Å²) in [6.45, 7) is 3.73. The molecular weight excluding hydrogens is 322 g/mol. The highest BCUT2D eigenvalue weighted by atomic mass is 35.5. The summed E-state index contributed by atoms with van der Waals surface area (Å²) in [6, 6.07) is 4.23. The second-order valence-corrected chi connectivity index (χ2v) is 5.56. The number of halogens is 4. The van der Waals surface area contributed by atoms with Crippen LogP contribution in [0.3, 0.4) is 0 Å². The van der Waals surface area contributed by atoms with Crippen LogP contribution in [0.15, 0.2) is 24.4 Å². The number of aryl methyl sites for hydroxylation is 1. The first-order chi connectivity index (χ1) is 9.41. The number of nitrogens with one attached hydrogen (secondary N) is 1. The van der Waals surface area contributed by atoms with Crippen LogP contribution in [0, 0.1) is 12.7 Å². The molecule has 0 amide bonds. The fraction of sp³-hybridized carbons (Fsp3) is 0.214. The van der Waals surface area contributed by atoms with Crippen molar-refractivity contribution in [2.45, 2.75) is 19.9 Å². The van der Waals surface area contributed by atoms with Gasteiger partial charge in [-0.1, -0.05) is 34.8 Å². The maximum atomic E-state index is 13.6. The number of hydrogen-bond donors (Lipinski definition) is 1. The lowest BCUT2D eigenvalue weighted by molar-refractivity contribution is 0.624. The molecule has 0 fully saturated rings. The molecule has 0 aliphatic rings. The molecule has 2 rings (SSSR count). The summed E-state index contributed by atoms with van der Waals surface area (Å²) in [7, 11) is 0. The van der Waals surface area contributed by atoms with E-state index in [1.165, 1.54) is 12.1 Å². The van der Waals surface area contributed by atoms with Gasteiger partial charge < -0.3 is 5.32 Å². The standard InChI is InChI=1S/C14H12Cl3FN2/c1-7-5-6-19-14(17)13(7)20-8(2)11-9(15)3-4-10(18)12(11)16/h3-6,8,20H,1-2H3. The lowest BCUT2D eigenvalue weighted by atomic mass is 10.1. The average molecular weight is 334 g/mol. The van der Waals surface area contributed by atoms with Crippen LogP contribution in [0.25, 0.3) is 0 Å². The highest BCUT2D eigenvalue weighted by Gasteiger charge is 2.18. The van der Waals surface area contributed by atoms with E-state index in [0.717, 1.165) is 5.56 Å². The molecule has 0 aliphatic heterocycles. The second-order valence-electron chi connectivity index (χ2n) is 4.42. The number of nitrogens with zero attached hydrogens (tertiary/aromatic N) is 1. The first kappa shape index (κ1) is 15.4. The fourth-order valence-corrected chi connectivity index (χ4v) is 2.88. The van der Waals surface area contributed by atoms with Gasteiger partial charge >= 0.3 is 0 Å². The summed E-state index contributed by atoms with van der Waals surface area (Å²) in [6.07, 6.45) is 1.62. The Hall–Kier alpha value is -1.03. The molecule has 1 N–H and O–H groups in total. The van der Waals surface area contributed by atoms with Crippen molar-refractivity contribution in [2.24, 2.45) is 0 Å². The Morgan fingerprint density at radius 3 is 2.55 bits per heavy atom. The van der Waals surface area contributed by atoms with Gasteiger partial charge in [0.1, 0.15) is 5.82 Å². The SMILES string of the molecule is Cc1ccnc(Cl)c1NC(C)c1c(Cl)ccc(F)c1Cl. The van der Waals surface area contributed by atoms with E-state index in [1.807, 2.05) is 19.9 Å². The summed E-state index contributed by atoms with van der Waals surface area (Å²) in [5, 5.41) is 3.93. The van der Waals surface area contributed by atoms with Gasteiger partial charge in [0, 0.05) is 16.8 Å². The van der Waals surface area contributed by atoms with Crippen molar-refractivity contribution in [1.29, 1.82) is 0 Å². The molecule has 1 atom stereocenters. The normalized spacial score (nSPS) is 12.3. The first-order valence-corrected chi connectivity index (χ1v) is 7.06. The van der Waals surface area contributed by atoms with E-state index in [9.17, 15) is 4.39 Å². The van der Waals surface area contributed by atoms with Gasteiger partial charge in [-0.15, -0.1) is 0 Å². The molecule has 1 aromatic heterocycles. The van der Waals surface area contributed by atoms with Gasteiger partial charge in [0.25, 0.3) is 0 Å². The molecule has 0 bridgehead atoms. The third-order valence-corrected chi connectivity index (χ3v) is 3.99. The number of aromatic nitrogens is 1. The topological polar surface area (TPSA) is 24.9 Å². The third kappa shape index (κ3) is 3.00. The minimum atomic E-state index is -0.506. The van der Waals surface area contributed by atoms with Gasteiger partial charge in [-0.25, -0.2) is 9.37 Å². The summed E-state index contributed by atoms with van der Waals surface area (Å²) in [5.41, 5.74) is 2.10. The Balaban J connectivity index is 2.38. The van der Waals surface area contributed by atoms with E-state index in [4.69, 9.17) is 34.8 Å². The maximum absolute atomic E-state index is 13.6. The van der Waals surface area contributed by atoms with Crippen molar-refractivity contribution >= 4 is 40.5 Å². The van der Waals surface area contributed by atoms with Gasteiger partial charge in [-0.05, 0) is 37.6 Å². The lowest BCUT2D eigenvalue weighted by Crippen LogP contribution is -2.10. The fourth-order valence-electron chi connectivity index (χ4n) is 1.93. The van der Waals surface area contributed by atoms with Crippen molar-refractivity contribution in [3.05, 3.63) is 56.5 Å². The van der Waals surface area contributed by atoms with E-state index < -0.39 is 5.82 Å². The first-order valence-electron chi connectivity index (χ1n) is 5.93. The van der Waals surface area contributed by atoms with Crippen molar-refractivity contribution in [3.8, 4) is 0 Å². The molecule has 0 aliphatic carbocycles. The van der Waals surface area contributed by atoms with E-state index in [-0.39, 0.29) is 11.1 Å². The molecule has 2 aromatic rings. The molecule has 6 heteroatoms. The Morgan fingerprint density at radius 2 is 1.90 bits per heavy atom. The average Bonchev–Trinajstić information content (AvgIpc) is 2.39. The smallest absolute Gasteiger partial charge is 0.152 e. The molecule has 0 saturated carbocycles. The summed E-state index contributed by atoms with van der Waals surface area (Å²) < 4.78 is 13.6. The molecule has 0 spiro atoms. The minimum Gasteiger partial charge on any atom is -0.376 e. The summed E-state index contributed by atoms with van der Waals surface area (Å²) >= 11 is 18.2. The second kappa shape index (κ2) is 6.17. The molecule has 2 nitrogen and oxygen atoms in total. The highest BCUT2D eigenvalue weighted by molar-refractivity contribution is 6.36. The van der Waals surface area contributed by atoms with Gasteiger partial charge in [0.05, 0.1) is 16.8 Å². The summed E-state index contributed by atoms with van der Waals surface area (Å²) in [5.74, 6) is -0.506. The van der Waals surface area contributed by atoms with Crippen molar-refractivity contribution in [2.75, 3.05) is 5.32 Å². The largest absolute Gasteiger partial charge is 0.376 e. The molecule has 1 heterocycles. The molecule has 20 heavy (non-hydrogen) atoms. The van der Waals surface area contributed by atoms with Gasteiger partial charge in [0.2, 0.25) is 0 Å². The monoisotopic (exact) mass is 332 g/mol. The van der Waals surface area contributed by atoms with E-state index in [0.29, 0.717) is 21.4 Å². The Bertz CT molecular complexity index is 626. The van der Waals surface area contributed by atoms with Gasteiger partial charge in [-0.2, -0.15) is 0 Å². The van der Waals surface area contributed by atoms with Crippen LogP contribution in [0.4, 0.5) is 10.1 Å². The number of anilines is 1. The summed E-state index contributed by atoms with van der Waals surface area (Å²) in [4.78, 5) is 4.01. The van der Waals surface area contributed by atoms with Crippen molar-refractivity contribution < 1.29 is 4.39 Å². The van der Waals surface area contributed by atoms with Crippen molar-refractivity contribution in [1.82, 2.24) is 4.98 Å². The zero-order chi connectivity index (χ0) is 14.9. The number of pyridine rings is 1. The van der Waals surface area contributed by atoms with Crippen LogP contribution >= 0.6 is 34.8 Å². The predicted octanol–water partition coefficient (Wildman–Crippen LogP) is 5.66. The van der Waals surface area contributed by atoms with Gasteiger partial charge in [-0.3, -0.25) is 0 Å². The zero-order valence-corrected chi connectivity index (χ0v) is 13.1. The molecule has 0 radical (unpaired) electrons. The Labute approximate surface area is 131 Å². The van der Waals surface area contributed by atoms with Crippen LogP contribution in [0.2, 0.25) is 15.2 Å². The van der Waals surface area contributed by atoms with Gasteiger partial charge in [0.15, 0.2) is 5.15 Å². The highest BCUT2D eigenvalue weighted by Crippen LogP contribution is 2.35.